The second-order valence-electron chi connectivity index (χ2n) is 7.23. The van der Waals surface area contributed by atoms with Gasteiger partial charge in [-0.3, -0.25) is 9.80 Å². The Labute approximate surface area is 182 Å². The largest absolute Gasteiger partial charge is 0.463 e. The van der Waals surface area contributed by atoms with Crippen molar-refractivity contribution in [1.82, 2.24) is 15.1 Å². The van der Waals surface area contributed by atoms with Crippen LogP contribution < -0.4 is 5.32 Å². The number of ether oxygens (including phenoxy) is 1. The van der Waals surface area contributed by atoms with E-state index in [-0.39, 0.29) is 12.6 Å². The van der Waals surface area contributed by atoms with Crippen LogP contribution in [0.25, 0.3) is 0 Å². The van der Waals surface area contributed by atoms with Gasteiger partial charge >= 0.3 is 12.0 Å². The van der Waals surface area contributed by atoms with Gasteiger partial charge in [0.15, 0.2) is 0 Å². The van der Waals surface area contributed by atoms with Crippen molar-refractivity contribution in [2.45, 2.75) is 19.5 Å². The number of amides is 2. The maximum absolute atomic E-state index is 12.9. The summed E-state index contributed by atoms with van der Waals surface area (Å²) in [6.45, 7) is 3.11. The number of rotatable bonds is 7. The first-order chi connectivity index (χ1) is 14.4. The number of halogens is 1. The van der Waals surface area contributed by atoms with Crippen LogP contribution in [-0.4, -0.2) is 49.0 Å². The van der Waals surface area contributed by atoms with Gasteiger partial charge in [-0.05, 0) is 37.2 Å². The number of nitrogens with zero attached hydrogens (tertiary/aromatic N) is 2. The summed E-state index contributed by atoms with van der Waals surface area (Å²) in [5.41, 5.74) is 2.97. The molecule has 7 heteroatoms. The number of urea groups is 1. The minimum atomic E-state index is -0.606. The molecule has 1 aliphatic heterocycles. The summed E-state index contributed by atoms with van der Waals surface area (Å²) in [4.78, 5) is 29.2. The van der Waals surface area contributed by atoms with E-state index in [0.29, 0.717) is 29.4 Å². The molecule has 0 aromatic heterocycles. The molecule has 0 bridgehead atoms. The molecule has 2 amide bonds. The fourth-order valence-electron chi connectivity index (χ4n) is 3.51. The van der Waals surface area contributed by atoms with Gasteiger partial charge in [-0.25, -0.2) is 9.59 Å². The van der Waals surface area contributed by atoms with E-state index in [9.17, 15) is 9.59 Å². The van der Waals surface area contributed by atoms with E-state index in [1.807, 2.05) is 49.5 Å². The van der Waals surface area contributed by atoms with Crippen molar-refractivity contribution >= 4 is 23.6 Å². The van der Waals surface area contributed by atoms with Gasteiger partial charge in [0.2, 0.25) is 0 Å². The Balaban J connectivity index is 1.99. The van der Waals surface area contributed by atoms with Gasteiger partial charge in [-0.2, -0.15) is 0 Å². The fraction of sp³-hybridized carbons (Fsp3) is 0.304. The average molecular weight is 428 g/mol. The number of benzene rings is 2. The molecular formula is C23H26ClN3O3. The lowest BCUT2D eigenvalue weighted by Crippen LogP contribution is -2.49. The quantitative estimate of drug-likeness (QED) is 0.679. The summed E-state index contributed by atoms with van der Waals surface area (Å²) >= 11 is 6.02. The van der Waals surface area contributed by atoms with Crippen molar-refractivity contribution < 1.29 is 14.3 Å². The minimum Gasteiger partial charge on any atom is -0.463 e. The number of hydrogen-bond acceptors (Lipinski definition) is 4. The number of hydrogen-bond donors (Lipinski definition) is 1. The van der Waals surface area contributed by atoms with Gasteiger partial charge in [0.1, 0.15) is 0 Å². The van der Waals surface area contributed by atoms with Gasteiger partial charge in [0.25, 0.3) is 0 Å². The van der Waals surface area contributed by atoms with Crippen LogP contribution in [0.2, 0.25) is 5.02 Å². The Bertz CT molecular complexity index is 928. The Kier molecular flexibility index (Phi) is 7.13. The van der Waals surface area contributed by atoms with Crippen LogP contribution in [0, 0.1) is 0 Å². The zero-order chi connectivity index (χ0) is 21.7. The van der Waals surface area contributed by atoms with E-state index in [1.165, 1.54) is 4.90 Å². The van der Waals surface area contributed by atoms with Gasteiger partial charge in [0, 0.05) is 30.9 Å². The van der Waals surface area contributed by atoms with Crippen LogP contribution >= 0.6 is 11.6 Å². The molecule has 1 N–H and O–H groups in total. The summed E-state index contributed by atoms with van der Waals surface area (Å²) < 4.78 is 5.35. The molecule has 1 unspecified atom stereocenters. The van der Waals surface area contributed by atoms with Gasteiger partial charge in [-0.1, -0.05) is 54.1 Å². The highest BCUT2D eigenvalue weighted by atomic mass is 35.5. The third-order valence-corrected chi connectivity index (χ3v) is 5.24. The minimum absolute atomic E-state index is 0.250. The van der Waals surface area contributed by atoms with Crippen LogP contribution in [0.1, 0.15) is 24.1 Å². The lowest BCUT2D eigenvalue weighted by Gasteiger charge is -2.36. The maximum Gasteiger partial charge on any atom is 0.338 e. The topological polar surface area (TPSA) is 61.9 Å². The summed E-state index contributed by atoms with van der Waals surface area (Å²) in [5, 5.41) is 3.50. The van der Waals surface area contributed by atoms with Gasteiger partial charge < -0.3 is 10.1 Å². The number of esters is 1. The lowest BCUT2D eigenvalue weighted by molar-refractivity contribution is -0.139. The first kappa shape index (κ1) is 21.9. The number of likely N-dealkylation sites (N-methyl/N-ethyl adjacent to an activating group) is 2. The predicted molar refractivity (Wildman–Crippen MR) is 117 cm³/mol. The van der Waals surface area contributed by atoms with Crippen LogP contribution in [0.15, 0.2) is 65.9 Å². The smallest absolute Gasteiger partial charge is 0.338 e. The highest BCUT2D eigenvalue weighted by Gasteiger charge is 2.37. The van der Waals surface area contributed by atoms with Gasteiger partial charge in [-0.15, -0.1) is 0 Å². The van der Waals surface area contributed by atoms with Crippen LogP contribution in [0.3, 0.4) is 0 Å². The molecule has 0 saturated heterocycles. The molecule has 3 rings (SSSR count). The van der Waals surface area contributed by atoms with E-state index in [1.54, 1.807) is 26.1 Å². The summed E-state index contributed by atoms with van der Waals surface area (Å²) in [6.07, 6.45) is 0. The molecule has 1 heterocycles. The normalized spacial score (nSPS) is 16.6. The van der Waals surface area contributed by atoms with E-state index >= 15 is 0 Å². The van der Waals surface area contributed by atoms with Crippen molar-refractivity contribution in [3.05, 3.63) is 82.0 Å². The Morgan fingerprint density at radius 1 is 1.13 bits per heavy atom. The van der Waals surface area contributed by atoms with Crippen LogP contribution in [-0.2, 0) is 16.1 Å². The molecule has 2 aromatic rings. The van der Waals surface area contributed by atoms with E-state index in [0.717, 1.165) is 11.1 Å². The molecule has 0 fully saturated rings. The standard InChI is InChI=1S/C23H26ClN3O3/c1-4-30-22(28)20-19(15-26(2)14-16-8-6-5-7-9-16)27(3)23(29)25-21(20)17-10-12-18(24)13-11-17/h5-13,21H,4,14-15H2,1-3H3,(H,25,29). The summed E-state index contributed by atoms with van der Waals surface area (Å²) in [6, 6.07) is 16.3. The maximum atomic E-state index is 12.9. The second kappa shape index (κ2) is 9.78. The first-order valence-corrected chi connectivity index (χ1v) is 10.2. The molecule has 6 nitrogen and oxygen atoms in total. The zero-order valence-electron chi connectivity index (χ0n) is 17.4. The Hall–Kier alpha value is -2.83. The van der Waals surface area contributed by atoms with Crippen molar-refractivity contribution in [3.8, 4) is 0 Å². The molecular weight excluding hydrogens is 402 g/mol. The molecule has 0 saturated carbocycles. The lowest BCUT2D eigenvalue weighted by atomic mass is 9.94. The van der Waals surface area contributed by atoms with Crippen molar-refractivity contribution in [3.63, 3.8) is 0 Å². The van der Waals surface area contributed by atoms with Crippen molar-refractivity contribution in [1.29, 1.82) is 0 Å². The highest BCUT2D eigenvalue weighted by molar-refractivity contribution is 6.30. The van der Waals surface area contributed by atoms with Crippen LogP contribution in [0.5, 0.6) is 0 Å². The number of nitrogens with one attached hydrogen (secondary N) is 1. The third-order valence-electron chi connectivity index (χ3n) is 4.99. The zero-order valence-corrected chi connectivity index (χ0v) is 18.1. The molecule has 2 aromatic carbocycles. The Morgan fingerprint density at radius 2 is 1.80 bits per heavy atom. The van der Waals surface area contributed by atoms with Crippen molar-refractivity contribution in [2.75, 3.05) is 27.2 Å². The van der Waals surface area contributed by atoms with Gasteiger partial charge in [0.05, 0.1) is 18.2 Å². The van der Waals surface area contributed by atoms with Crippen LogP contribution in [0.4, 0.5) is 4.79 Å². The molecule has 1 atom stereocenters. The first-order valence-electron chi connectivity index (χ1n) is 9.83. The summed E-state index contributed by atoms with van der Waals surface area (Å²) in [5.74, 6) is -0.438. The highest BCUT2D eigenvalue weighted by Crippen LogP contribution is 2.32. The number of carbonyl (C=O) groups excluding carboxylic acids is 2. The summed E-state index contributed by atoms with van der Waals surface area (Å²) in [7, 11) is 3.62. The molecule has 0 spiro atoms. The van der Waals surface area contributed by atoms with E-state index in [2.05, 4.69) is 10.2 Å². The third kappa shape index (κ3) is 5.01. The molecule has 0 aliphatic carbocycles. The van der Waals surface area contributed by atoms with E-state index in [4.69, 9.17) is 16.3 Å². The molecule has 30 heavy (non-hydrogen) atoms. The molecule has 1 aliphatic rings. The molecule has 158 valence electrons. The fourth-order valence-corrected chi connectivity index (χ4v) is 3.64. The Morgan fingerprint density at radius 3 is 2.43 bits per heavy atom. The second-order valence-corrected chi connectivity index (χ2v) is 7.67. The van der Waals surface area contributed by atoms with Crippen molar-refractivity contribution in [2.24, 2.45) is 0 Å². The SMILES string of the molecule is CCOC(=O)C1=C(CN(C)Cc2ccccc2)N(C)C(=O)NC1c1ccc(Cl)cc1. The average Bonchev–Trinajstić information content (AvgIpc) is 2.72. The molecule has 0 radical (unpaired) electrons. The van der Waals surface area contributed by atoms with E-state index < -0.39 is 12.0 Å². The number of carbonyl (C=O) groups is 2. The monoisotopic (exact) mass is 427 g/mol. The predicted octanol–water partition coefficient (Wildman–Crippen LogP) is 3.99.